The fourth-order valence-corrected chi connectivity index (χ4v) is 3.01. The van der Waals surface area contributed by atoms with Crippen molar-refractivity contribution in [3.8, 4) is 17.1 Å². The maximum Gasteiger partial charge on any atom is 0.306 e. The van der Waals surface area contributed by atoms with Crippen molar-refractivity contribution < 1.29 is 19.4 Å². The lowest BCUT2D eigenvalue weighted by Crippen LogP contribution is -2.36. The van der Waals surface area contributed by atoms with Gasteiger partial charge in [0.1, 0.15) is 23.7 Å². The van der Waals surface area contributed by atoms with E-state index >= 15 is 0 Å². The normalized spacial score (nSPS) is 18.6. The summed E-state index contributed by atoms with van der Waals surface area (Å²) in [6, 6.07) is 3.17. The molecule has 1 fully saturated rings. The van der Waals surface area contributed by atoms with Crippen LogP contribution in [-0.4, -0.2) is 43.7 Å². The van der Waals surface area contributed by atoms with Gasteiger partial charge in [-0.3, -0.25) is 10.2 Å². The molecule has 0 spiro atoms. The van der Waals surface area contributed by atoms with E-state index < -0.39 is 5.97 Å². The maximum atomic E-state index is 11.1. The molecule has 0 bridgehead atoms. The van der Waals surface area contributed by atoms with Gasteiger partial charge < -0.3 is 20.3 Å². The molecule has 2 aromatic rings. The van der Waals surface area contributed by atoms with Gasteiger partial charge in [0.05, 0.1) is 23.9 Å². The zero-order valence-corrected chi connectivity index (χ0v) is 15.2. The molecule has 2 aromatic heterocycles. The zero-order chi connectivity index (χ0) is 19.6. The molecule has 27 heavy (non-hydrogen) atoms. The second-order valence-corrected chi connectivity index (χ2v) is 6.53. The molecule has 2 heterocycles. The van der Waals surface area contributed by atoms with Crippen molar-refractivity contribution in [1.82, 2.24) is 20.0 Å². The van der Waals surface area contributed by atoms with E-state index in [0.717, 1.165) is 6.42 Å². The summed E-state index contributed by atoms with van der Waals surface area (Å²) >= 11 is 0. The number of nitrogens with two attached hydrogens (primary N) is 1. The molecule has 144 valence electrons. The van der Waals surface area contributed by atoms with Crippen molar-refractivity contribution in [3.05, 3.63) is 23.5 Å². The van der Waals surface area contributed by atoms with Crippen LogP contribution in [0.3, 0.4) is 0 Å². The predicted octanol–water partition coefficient (Wildman–Crippen LogP) is 1.09. The van der Waals surface area contributed by atoms with E-state index in [1.807, 2.05) is 6.92 Å². The second kappa shape index (κ2) is 7.60. The van der Waals surface area contributed by atoms with Crippen LogP contribution in [0.5, 0.6) is 5.75 Å². The molecule has 10 heteroatoms. The van der Waals surface area contributed by atoms with Crippen LogP contribution in [0.15, 0.2) is 12.1 Å². The molecule has 0 amide bonds. The lowest BCUT2D eigenvalue weighted by atomic mass is 9.74. The first-order chi connectivity index (χ1) is 12.9. The monoisotopic (exact) mass is 374 g/mol. The SMILES string of the molecule is Cc1nc(-c2nnn(C)c2COC(=N)N)ccc1OC[C@@H]1CC[C@H]1C(=O)O. The summed E-state index contributed by atoms with van der Waals surface area (Å²) in [4.78, 5) is 15.6. The highest BCUT2D eigenvalue weighted by Gasteiger charge is 2.37. The van der Waals surface area contributed by atoms with E-state index in [9.17, 15) is 4.79 Å². The average molecular weight is 374 g/mol. The van der Waals surface area contributed by atoms with E-state index in [1.54, 1.807) is 23.9 Å². The average Bonchev–Trinajstić information content (AvgIpc) is 2.93. The van der Waals surface area contributed by atoms with Gasteiger partial charge in [0.15, 0.2) is 0 Å². The van der Waals surface area contributed by atoms with Crippen molar-refractivity contribution in [2.24, 2.45) is 24.6 Å². The molecule has 1 aliphatic carbocycles. The molecule has 0 aliphatic heterocycles. The van der Waals surface area contributed by atoms with E-state index in [2.05, 4.69) is 15.3 Å². The Bertz CT molecular complexity index is 865. The van der Waals surface area contributed by atoms with Crippen LogP contribution < -0.4 is 10.5 Å². The maximum absolute atomic E-state index is 11.1. The minimum absolute atomic E-state index is 0.0388. The van der Waals surface area contributed by atoms with Crippen molar-refractivity contribution >= 4 is 12.0 Å². The molecular formula is C17H22N6O4. The quantitative estimate of drug-likeness (QED) is 0.481. The number of aliphatic carboxylic acids is 1. The number of rotatable bonds is 7. The van der Waals surface area contributed by atoms with Gasteiger partial charge in [-0.1, -0.05) is 5.21 Å². The van der Waals surface area contributed by atoms with Crippen LogP contribution in [0.1, 0.15) is 24.2 Å². The Hall–Kier alpha value is -3.17. The number of aryl methyl sites for hydroxylation is 2. The molecule has 2 atom stereocenters. The lowest BCUT2D eigenvalue weighted by Gasteiger charge is -2.33. The number of amidine groups is 1. The minimum Gasteiger partial charge on any atom is -0.491 e. The van der Waals surface area contributed by atoms with Crippen LogP contribution in [0.4, 0.5) is 0 Å². The van der Waals surface area contributed by atoms with Gasteiger partial charge in [0.25, 0.3) is 6.02 Å². The Labute approximate surface area is 155 Å². The largest absolute Gasteiger partial charge is 0.491 e. The number of hydrogen-bond donors (Lipinski definition) is 3. The highest BCUT2D eigenvalue weighted by Crippen LogP contribution is 2.35. The Morgan fingerprint density at radius 1 is 1.44 bits per heavy atom. The van der Waals surface area contributed by atoms with Gasteiger partial charge in [-0.2, -0.15) is 0 Å². The van der Waals surface area contributed by atoms with Crippen LogP contribution in [-0.2, 0) is 23.2 Å². The van der Waals surface area contributed by atoms with Crippen LogP contribution in [0.2, 0.25) is 0 Å². The summed E-state index contributed by atoms with van der Waals surface area (Å²) in [6.45, 7) is 2.24. The van der Waals surface area contributed by atoms with Gasteiger partial charge in [-0.15, -0.1) is 5.10 Å². The first-order valence-electron chi connectivity index (χ1n) is 8.55. The number of carbonyl (C=O) groups is 1. The van der Waals surface area contributed by atoms with E-state index in [-0.39, 0.29) is 24.5 Å². The lowest BCUT2D eigenvalue weighted by molar-refractivity contribution is -0.148. The Morgan fingerprint density at radius 2 is 2.22 bits per heavy atom. The molecule has 3 rings (SSSR count). The van der Waals surface area contributed by atoms with E-state index in [1.165, 1.54) is 0 Å². The number of aromatic nitrogens is 4. The molecule has 10 nitrogen and oxygen atoms in total. The highest BCUT2D eigenvalue weighted by atomic mass is 16.5. The Kier molecular flexibility index (Phi) is 5.24. The third-order valence-electron chi connectivity index (χ3n) is 4.77. The molecular weight excluding hydrogens is 352 g/mol. The molecule has 0 radical (unpaired) electrons. The summed E-state index contributed by atoms with van der Waals surface area (Å²) in [5.74, 6) is -0.430. The van der Waals surface area contributed by atoms with Crippen molar-refractivity contribution in [1.29, 1.82) is 5.41 Å². The summed E-state index contributed by atoms with van der Waals surface area (Å²) in [5.41, 5.74) is 7.69. The third kappa shape index (κ3) is 3.99. The minimum atomic E-state index is -0.761. The third-order valence-corrected chi connectivity index (χ3v) is 4.77. The number of ether oxygens (including phenoxy) is 2. The van der Waals surface area contributed by atoms with Gasteiger partial charge in [0.2, 0.25) is 0 Å². The van der Waals surface area contributed by atoms with E-state index in [0.29, 0.717) is 41.6 Å². The number of carboxylic acid groups (broad SMARTS) is 1. The zero-order valence-electron chi connectivity index (χ0n) is 15.2. The summed E-state index contributed by atoms with van der Waals surface area (Å²) in [7, 11) is 1.72. The second-order valence-electron chi connectivity index (χ2n) is 6.53. The smallest absolute Gasteiger partial charge is 0.306 e. The fraction of sp³-hybridized carbons (Fsp3) is 0.471. The number of nitrogens with zero attached hydrogens (tertiary/aromatic N) is 4. The van der Waals surface area contributed by atoms with Gasteiger partial charge >= 0.3 is 5.97 Å². The number of pyridine rings is 1. The Morgan fingerprint density at radius 3 is 2.81 bits per heavy atom. The first-order valence-corrected chi connectivity index (χ1v) is 8.55. The molecule has 0 aromatic carbocycles. The number of nitrogens with one attached hydrogen (secondary N) is 1. The summed E-state index contributed by atoms with van der Waals surface area (Å²) in [6.07, 6.45) is 1.57. The van der Waals surface area contributed by atoms with Gasteiger partial charge in [-0.05, 0) is 31.9 Å². The fourth-order valence-electron chi connectivity index (χ4n) is 3.01. The molecule has 0 unspecified atom stereocenters. The summed E-state index contributed by atoms with van der Waals surface area (Å²) < 4.78 is 12.4. The standard InChI is InChI=1S/C17H22N6O4/c1-9-14(26-7-10-3-4-11(10)16(24)25)6-5-12(20-9)15-13(8-27-17(18)19)23(2)22-21-15/h5-6,10-11H,3-4,7-8H2,1-2H3,(H3,18,19)(H,24,25)/t10-,11+/m0/s1. The topological polar surface area (TPSA) is 149 Å². The summed E-state index contributed by atoms with van der Waals surface area (Å²) in [5, 5.41) is 24.4. The van der Waals surface area contributed by atoms with Crippen LogP contribution >= 0.6 is 0 Å². The van der Waals surface area contributed by atoms with Crippen molar-refractivity contribution in [2.45, 2.75) is 26.4 Å². The number of hydrogen-bond acceptors (Lipinski definition) is 7. The number of carboxylic acids is 1. The van der Waals surface area contributed by atoms with E-state index in [4.69, 9.17) is 25.7 Å². The predicted molar refractivity (Wildman–Crippen MR) is 95.0 cm³/mol. The van der Waals surface area contributed by atoms with Crippen LogP contribution in [0.25, 0.3) is 11.4 Å². The molecule has 1 aliphatic rings. The molecule has 0 saturated heterocycles. The molecule has 1 saturated carbocycles. The highest BCUT2D eigenvalue weighted by molar-refractivity contribution is 5.71. The van der Waals surface area contributed by atoms with Gasteiger partial charge in [-0.25, -0.2) is 9.67 Å². The first kappa shape index (κ1) is 18.6. The van der Waals surface area contributed by atoms with Crippen molar-refractivity contribution in [2.75, 3.05) is 6.61 Å². The van der Waals surface area contributed by atoms with Crippen molar-refractivity contribution in [3.63, 3.8) is 0 Å². The molecule has 4 N–H and O–H groups in total. The van der Waals surface area contributed by atoms with Gasteiger partial charge in [0, 0.05) is 13.0 Å². The Balaban J connectivity index is 1.72. The van der Waals surface area contributed by atoms with Crippen LogP contribution in [0, 0.1) is 24.2 Å².